The van der Waals surface area contributed by atoms with Crippen molar-refractivity contribution in [1.29, 1.82) is 0 Å². The Bertz CT molecular complexity index is 1150. The van der Waals surface area contributed by atoms with Gasteiger partial charge in [-0.25, -0.2) is 0 Å². The quantitative estimate of drug-likeness (QED) is 0.507. The summed E-state index contributed by atoms with van der Waals surface area (Å²) in [5, 5.41) is 2.37. The molecule has 0 fully saturated rings. The molecule has 1 heterocycles. The summed E-state index contributed by atoms with van der Waals surface area (Å²) in [6.45, 7) is 1.97. The molecular formula is C20H16N2OS. The van der Waals surface area contributed by atoms with Crippen molar-refractivity contribution < 1.29 is 4.79 Å². The van der Waals surface area contributed by atoms with Crippen molar-refractivity contribution in [3.05, 3.63) is 76.6 Å². The highest BCUT2D eigenvalue weighted by Crippen LogP contribution is 2.26. The monoisotopic (exact) mass is 332 g/mol. The maximum absolute atomic E-state index is 12.5. The lowest BCUT2D eigenvalue weighted by atomic mass is 10.1. The van der Waals surface area contributed by atoms with Crippen LogP contribution in [0.2, 0.25) is 0 Å². The van der Waals surface area contributed by atoms with E-state index in [2.05, 4.69) is 29.3 Å². The van der Waals surface area contributed by atoms with Crippen molar-refractivity contribution in [2.45, 2.75) is 6.92 Å². The van der Waals surface area contributed by atoms with Gasteiger partial charge >= 0.3 is 0 Å². The predicted octanol–water partition coefficient (Wildman–Crippen LogP) is 4.44. The van der Waals surface area contributed by atoms with E-state index in [1.165, 1.54) is 10.8 Å². The van der Waals surface area contributed by atoms with Crippen LogP contribution in [-0.2, 0) is 7.05 Å². The molecule has 0 unspecified atom stereocenters. The van der Waals surface area contributed by atoms with Crippen LogP contribution >= 0.6 is 11.3 Å². The lowest BCUT2D eigenvalue weighted by Gasteiger charge is -2.01. The number of amides is 1. The summed E-state index contributed by atoms with van der Waals surface area (Å²) < 4.78 is 3.14. The number of aryl methyl sites for hydroxylation is 2. The summed E-state index contributed by atoms with van der Waals surface area (Å²) in [4.78, 5) is 17.6. The Balaban J connectivity index is 1.93. The van der Waals surface area contributed by atoms with Crippen LogP contribution in [0.15, 0.2) is 65.7 Å². The molecule has 0 N–H and O–H groups in total. The van der Waals surface area contributed by atoms with E-state index in [1.807, 2.05) is 54.9 Å². The Kier molecular flexibility index (Phi) is 3.54. The van der Waals surface area contributed by atoms with Gasteiger partial charge in [-0.2, -0.15) is 4.99 Å². The minimum absolute atomic E-state index is 0.204. The molecule has 4 aromatic rings. The zero-order chi connectivity index (χ0) is 16.7. The third-order valence-corrected chi connectivity index (χ3v) is 5.25. The molecule has 0 atom stereocenters. The fraction of sp³-hybridized carbons (Fsp3) is 0.100. The highest BCUT2D eigenvalue weighted by atomic mass is 32.1. The second kappa shape index (κ2) is 5.73. The average molecular weight is 332 g/mol. The van der Waals surface area contributed by atoms with Crippen molar-refractivity contribution >= 4 is 38.2 Å². The second-order valence-electron chi connectivity index (χ2n) is 5.86. The minimum Gasteiger partial charge on any atom is -0.319 e. The Morgan fingerprint density at radius 1 is 1.04 bits per heavy atom. The number of carbonyl (C=O) groups excluding carboxylic acids is 1. The molecular weight excluding hydrogens is 316 g/mol. The summed E-state index contributed by atoms with van der Waals surface area (Å²) >= 11 is 1.54. The Morgan fingerprint density at radius 2 is 1.88 bits per heavy atom. The number of thiazole rings is 1. The lowest BCUT2D eigenvalue weighted by Crippen LogP contribution is -2.13. The first-order valence-electron chi connectivity index (χ1n) is 7.76. The highest BCUT2D eigenvalue weighted by Gasteiger charge is 2.09. The SMILES string of the molecule is Cc1cccc(C(=O)N=c2sc3ccc4ccccc4c3n2C)c1. The van der Waals surface area contributed by atoms with Gasteiger partial charge in [-0.3, -0.25) is 4.79 Å². The van der Waals surface area contributed by atoms with Gasteiger partial charge in [0.2, 0.25) is 0 Å². The van der Waals surface area contributed by atoms with Crippen LogP contribution in [0.1, 0.15) is 15.9 Å². The van der Waals surface area contributed by atoms with Crippen molar-refractivity contribution in [1.82, 2.24) is 4.57 Å². The van der Waals surface area contributed by atoms with Crippen LogP contribution in [0, 0.1) is 6.92 Å². The van der Waals surface area contributed by atoms with Gasteiger partial charge in [0, 0.05) is 18.0 Å². The van der Waals surface area contributed by atoms with Crippen LogP contribution in [0.25, 0.3) is 21.0 Å². The van der Waals surface area contributed by atoms with E-state index in [0.717, 1.165) is 15.8 Å². The standard InChI is InChI=1S/C20H16N2OS/c1-13-6-5-8-15(12-13)19(23)21-20-22(2)18-16-9-4-3-7-14(16)10-11-17(18)24-20/h3-12H,1-2H3. The number of rotatable bonds is 1. The van der Waals surface area contributed by atoms with Gasteiger partial charge < -0.3 is 4.57 Å². The molecule has 4 rings (SSSR count). The minimum atomic E-state index is -0.204. The van der Waals surface area contributed by atoms with E-state index < -0.39 is 0 Å². The fourth-order valence-electron chi connectivity index (χ4n) is 2.95. The molecule has 3 aromatic carbocycles. The first-order valence-corrected chi connectivity index (χ1v) is 8.58. The van der Waals surface area contributed by atoms with Crippen LogP contribution in [-0.4, -0.2) is 10.5 Å². The first-order chi connectivity index (χ1) is 11.6. The summed E-state index contributed by atoms with van der Waals surface area (Å²) in [6, 6.07) is 20.0. The number of carbonyl (C=O) groups is 1. The zero-order valence-corrected chi connectivity index (χ0v) is 14.3. The van der Waals surface area contributed by atoms with Crippen LogP contribution in [0.3, 0.4) is 0 Å². The van der Waals surface area contributed by atoms with Crippen LogP contribution in [0.5, 0.6) is 0 Å². The molecule has 4 heteroatoms. The molecule has 0 bridgehead atoms. The molecule has 1 amide bonds. The topological polar surface area (TPSA) is 34.4 Å². The molecule has 0 aliphatic carbocycles. The van der Waals surface area contributed by atoms with E-state index in [4.69, 9.17) is 0 Å². The molecule has 0 aliphatic heterocycles. The second-order valence-corrected chi connectivity index (χ2v) is 6.87. The van der Waals surface area contributed by atoms with Crippen molar-refractivity contribution in [3.63, 3.8) is 0 Å². The third-order valence-electron chi connectivity index (χ3n) is 4.15. The van der Waals surface area contributed by atoms with Gasteiger partial charge in [-0.05, 0) is 30.5 Å². The zero-order valence-electron chi connectivity index (χ0n) is 13.5. The maximum Gasteiger partial charge on any atom is 0.279 e. The summed E-state index contributed by atoms with van der Waals surface area (Å²) in [7, 11) is 1.97. The largest absolute Gasteiger partial charge is 0.319 e. The molecule has 0 saturated carbocycles. The molecule has 118 valence electrons. The predicted molar refractivity (Wildman–Crippen MR) is 99.4 cm³/mol. The normalized spacial score (nSPS) is 12.2. The van der Waals surface area contributed by atoms with Gasteiger partial charge in [0.05, 0.1) is 10.2 Å². The molecule has 0 saturated heterocycles. The van der Waals surface area contributed by atoms with Gasteiger partial charge in [0.25, 0.3) is 5.91 Å². The number of hydrogen-bond donors (Lipinski definition) is 0. The molecule has 0 aliphatic rings. The molecule has 3 nitrogen and oxygen atoms in total. The fourth-order valence-corrected chi connectivity index (χ4v) is 3.99. The van der Waals surface area contributed by atoms with E-state index in [9.17, 15) is 4.79 Å². The van der Waals surface area contributed by atoms with Gasteiger partial charge in [0.15, 0.2) is 4.80 Å². The molecule has 24 heavy (non-hydrogen) atoms. The molecule has 1 aromatic heterocycles. The van der Waals surface area contributed by atoms with Crippen molar-refractivity contribution in [2.75, 3.05) is 0 Å². The van der Waals surface area contributed by atoms with Gasteiger partial charge in [0.1, 0.15) is 0 Å². The smallest absolute Gasteiger partial charge is 0.279 e. The Labute approximate surface area is 143 Å². The van der Waals surface area contributed by atoms with Crippen molar-refractivity contribution in [2.24, 2.45) is 12.0 Å². The summed E-state index contributed by atoms with van der Waals surface area (Å²) in [5.74, 6) is -0.204. The van der Waals surface area contributed by atoms with Gasteiger partial charge in [-0.15, -0.1) is 0 Å². The maximum atomic E-state index is 12.5. The summed E-state index contributed by atoms with van der Waals surface area (Å²) in [6.07, 6.45) is 0. The number of nitrogens with zero attached hydrogens (tertiary/aromatic N) is 2. The third kappa shape index (κ3) is 2.45. The van der Waals surface area contributed by atoms with Crippen molar-refractivity contribution in [3.8, 4) is 0 Å². The number of aromatic nitrogens is 1. The van der Waals surface area contributed by atoms with E-state index in [0.29, 0.717) is 10.4 Å². The number of fused-ring (bicyclic) bond motifs is 3. The van der Waals surface area contributed by atoms with Gasteiger partial charge in [-0.1, -0.05) is 59.4 Å². The van der Waals surface area contributed by atoms with E-state index in [1.54, 1.807) is 11.3 Å². The van der Waals surface area contributed by atoms with E-state index in [-0.39, 0.29) is 5.91 Å². The summed E-state index contributed by atoms with van der Waals surface area (Å²) in [5.41, 5.74) is 2.80. The molecule has 0 spiro atoms. The lowest BCUT2D eigenvalue weighted by molar-refractivity contribution is 0.0998. The number of hydrogen-bond acceptors (Lipinski definition) is 2. The highest BCUT2D eigenvalue weighted by molar-refractivity contribution is 7.16. The average Bonchev–Trinajstić information content (AvgIpc) is 2.91. The Morgan fingerprint density at radius 3 is 2.71 bits per heavy atom. The van der Waals surface area contributed by atoms with E-state index >= 15 is 0 Å². The molecule has 0 radical (unpaired) electrons. The first kappa shape index (κ1) is 14.8. The number of benzene rings is 3. The Hall–Kier alpha value is -2.72. The van der Waals surface area contributed by atoms with Crippen LogP contribution in [0.4, 0.5) is 0 Å². The van der Waals surface area contributed by atoms with Crippen LogP contribution < -0.4 is 4.80 Å².